The SMILES string of the molecule is COc1cc(OC)c2c(c1Cl)O[C@]1(C2=O)C2OC2CC[C@H]1C. The molecule has 0 bridgehead atoms. The van der Waals surface area contributed by atoms with Gasteiger partial charge in [-0.05, 0) is 12.8 Å². The van der Waals surface area contributed by atoms with Gasteiger partial charge in [0.2, 0.25) is 11.4 Å². The number of hydrogen-bond donors (Lipinski definition) is 0. The van der Waals surface area contributed by atoms with Crippen LogP contribution < -0.4 is 14.2 Å². The van der Waals surface area contributed by atoms with Crippen LogP contribution in [0.25, 0.3) is 0 Å². The second kappa shape index (κ2) is 4.52. The Hall–Kier alpha value is -1.46. The number of halogens is 1. The summed E-state index contributed by atoms with van der Waals surface area (Å²) in [5, 5.41) is 0.304. The number of hydrogen-bond acceptors (Lipinski definition) is 5. The predicted molar refractivity (Wildman–Crippen MR) is 79.3 cm³/mol. The van der Waals surface area contributed by atoms with E-state index in [0.29, 0.717) is 27.8 Å². The maximum atomic E-state index is 13.2. The Kier molecular flexibility index (Phi) is 2.91. The first-order chi connectivity index (χ1) is 10.5. The first-order valence-electron chi connectivity index (χ1n) is 7.38. The van der Waals surface area contributed by atoms with Crippen LogP contribution >= 0.6 is 11.6 Å². The van der Waals surface area contributed by atoms with Crippen LogP contribution in [0, 0.1) is 5.92 Å². The zero-order valence-corrected chi connectivity index (χ0v) is 13.4. The molecule has 22 heavy (non-hydrogen) atoms. The molecular formula is C16H17ClO5. The Labute approximate surface area is 133 Å². The lowest BCUT2D eigenvalue weighted by molar-refractivity contribution is 0.00936. The number of Topliss-reactive ketones (excluding diaryl/α,β-unsaturated/α-hetero) is 1. The summed E-state index contributed by atoms with van der Waals surface area (Å²) in [5.74, 6) is 1.17. The molecule has 0 aromatic heterocycles. The van der Waals surface area contributed by atoms with E-state index in [1.165, 1.54) is 14.2 Å². The van der Waals surface area contributed by atoms with Gasteiger partial charge in [0.25, 0.3) is 0 Å². The highest BCUT2D eigenvalue weighted by molar-refractivity contribution is 6.35. The Morgan fingerprint density at radius 1 is 1.27 bits per heavy atom. The fraction of sp³-hybridized carbons (Fsp3) is 0.562. The minimum absolute atomic E-state index is 0.0583. The van der Waals surface area contributed by atoms with E-state index in [1.54, 1.807) is 6.07 Å². The number of carbonyl (C=O) groups is 1. The highest BCUT2D eigenvalue weighted by Crippen LogP contribution is 2.58. The molecular weight excluding hydrogens is 308 g/mol. The fourth-order valence-corrected chi connectivity index (χ4v) is 4.04. The molecule has 0 radical (unpaired) electrons. The largest absolute Gasteiger partial charge is 0.496 e. The molecule has 1 aromatic carbocycles. The van der Waals surface area contributed by atoms with E-state index in [1.807, 2.05) is 6.92 Å². The molecule has 2 fully saturated rings. The van der Waals surface area contributed by atoms with Gasteiger partial charge in [-0.3, -0.25) is 4.79 Å². The van der Waals surface area contributed by atoms with Crippen LogP contribution in [0.5, 0.6) is 17.2 Å². The zero-order chi connectivity index (χ0) is 15.6. The second-order valence-corrected chi connectivity index (χ2v) is 6.47. The maximum absolute atomic E-state index is 13.2. The van der Waals surface area contributed by atoms with Crippen LogP contribution in [-0.2, 0) is 4.74 Å². The van der Waals surface area contributed by atoms with Gasteiger partial charge in [0, 0.05) is 12.0 Å². The molecule has 4 rings (SSSR count). The first kappa shape index (κ1) is 14.2. The lowest BCUT2D eigenvalue weighted by Crippen LogP contribution is -2.54. The van der Waals surface area contributed by atoms with E-state index in [4.69, 9.17) is 30.5 Å². The molecule has 0 amide bonds. The Balaban J connectivity index is 1.89. The van der Waals surface area contributed by atoms with Crippen molar-refractivity contribution in [1.29, 1.82) is 0 Å². The molecule has 1 aliphatic carbocycles. The third kappa shape index (κ3) is 1.56. The van der Waals surface area contributed by atoms with Crippen LogP contribution in [0.4, 0.5) is 0 Å². The van der Waals surface area contributed by atoms with E-state index in [0.717, 1.165) is 12.8 Å². The summed E-state index contributed by atoms with van der Waals surface area (Å²) in [5.41, 5.74) is -0.578. The van der Waals surface area contributed by atoms with Crippen LogP contribution in [0.2, 0.25) is 5.02 Å². The van der Waals surface area contributed by atoms with Crippen molar-refractivity contribution in [2.24, 2.45) is 5.92 Å². The van der Waals surface area contributed by atoms with E-state index >= 15 is 0 Å². The molecule has 2 heterocycles. The van der Waals surface area contributed by atoms with Crippen molar-refractivity contribution in [2.75, 3.05) is 14.2 Å². The molecule has 5 nitrogen and oxygen atoms in total. The molecule has 3 aliphatic rings. The third-order valence-corrected chi connectivity index (χ3v) is 5.42. The quantitative estimate of drug-likeness (QED) is 0.783. The predicted octanol–water partition coefficient (Wildman–Crippen LogP) is 2.87. The topological polar surface area (TPSA) is 57.3 Å². The number of methoxy groups -OCH3 is 2. The zero-order valence-electron chi connectivity index (χ0n) is 12.6. The van der Waals surface area contributed by atoms with Gasteiger partial charge in [0.1, 0.15) is 28.2 Å². The van der Waals surface area contributed by atoms with Gasteiger partial charge in [-0.25, -0.2) is 0 Å². The Bertz CT molecular complexity index is 669. The Morgan fingerprint density at radius 3 is 2.68 bits per heavy atom. The van der Waals surface area contributed by atoms with Gasteiger partial charge in [-0.15, -0.1) is 0 Å². The molecule has 1 saturated heterocycles. The van der Waals surface area contributed by atoms with Crippen LogP contribution in [0.3, 0.4) is 0 Å². The molecule has 0 N–H and O–H groups in total. The van der Waals surface area contributed by atoms with E-state index in [2.05, 4.69) is 0 Å². The minimum Gasteiger partial charge on any atom is -0.496 e. The fourth-order valence-electron chi connectivity index (χ4n) is 3.78. The average molecular weight is 325 g/mol. The first-order valence-corrected chi connectivity index (χ1v) is 7.76. The highest BCUT2D eigenvalue weighted by Gasteiger charge is 2.69. The van der Waals surface area contributed by atoms with Crippen molar-refractivity contribution in [2.45, 2.75) is 37.6 Å². The molecule has 4 atom stereocenters. The number of ether oxygens (including phenoxy) is 4. The summed E-state index contributed by atoms with van der Waals surface area (Å²) in [7, 11) is 3.03. The molecule has 6 heteroatoms. The molecule has 2 unspecified atom stereocenters. The van der Waals surface area contributed by atoms with Gasteiger partial charge in [0.05, 0.1) is 20.3 Å². The molecule has 1 aromatic rings. The molecule has 118 valence electrons. The lowest BCUT2D eigenvalue weighted by atomic mass is 9.73. The van der Waals surface area contributed by atoms with Gasteiger partial charge in [-0.1, -0.05) is 18.5 Å². The smallest absolute Gasteiger partial charge is 0.217 e. The Morgan fingerprint density at radius 2 is 2.00 bits per heavy atom. The van der Waals surface area contributed by atoms with Gasteiger partial charge in [0.15, 0.2) is 5.75 Å². The number of benzene rings is 1. The summed E-state index contributed by atoms with van der Waals surface area (Å²) in [6.07, 6.45) is 1.77. The summed E-state index contributed by atoms with van der Waals surface area (Å²) >= 11 is 6.36. The molecule has 1 saturated carbocycles. The number of fused-ring (bicyclic) bond motifs is 3. The van der Waals surface area contributed by atoms with Gasteiger partial charge >= 0.3 is 0 Å². The summed E-state index contributed by atoms with van der Waals surface area (Å²) in [4.78, 5) is 13.2. The van der Waals surface area contributed by atoms with Crippen LogP contribution in [0.1, 0.15) is 30.1 Å². The molecule has 1 spiro atoms. The summed E-state index contributed by atoms with van der Waals surface area (Å²) in [6, 6.07) is 1.63. The standard InChI is InChI=1S/C16H17ClO5/c1-7-4-5-8-15(21-8)16(7)14(18)11-9(19-2)6-10(20-3)12(17)13(11)22-16/h6-8,15H,4-5H2,1-3H3/t7-,8?,15?,16-/m1/s1. The maximum Gasteiger partial charge on any atom is 0.217 e. The number of rotatable bonds is 2. The number of ketones is 1. The van der Waals surface area contributed by atoms with Crippen molar-refractivity contribution in [3.05, 3.63) is 16.7 Å². The van der Waals surface area contributed by atoms with Crippen molar-refractivity contribution >= 4 is 17.4 Å². The highest BCUT2D eigenvalue weighted by atomic mass is 35.5. The average Bonchev–Trinajstić information content (AvgIpc) is 3.25. The van der Waals surface area contributed by atoms with Crippen LogP contribution in [0.15, 0.2) is 6.07 Å². The number of epoxide rings is 1. The summed E-state index contributed by atoms with van der Waals surface area (Å²) < 4.78 is 22.5. The van der Waals surface area contributed by atoms with Crippen molar-refractivity contribution in [3.8, 4) is 17.2 Å². The van der Waals surface area contributed by atoms with Crippen LogP contribution in [-0.4, -0.2) is 37.8 Å². The summed E-state index contributed by atoms with van der Waals surface area (Å²) in [6.45, 7) is 2.03. The lowest BCUT2D eigenvalue weighted by Gasteiger charge is -2.34. The minimum atomic E-state index is -0.978. The normalized spacial score (nSPS) is 34.9. The monoisotopic (exact) mass is 324 g/mol. The van der Waals surface area contributed by atoms with Crippen molar-refractivity contribution in [3.63, 3.8) is 0 Å². The third-order valence-electron chi connectivity index (χ3n) is 5.07. The number of carbonyl (C=O) groups excluding carboxylic acids is 1. The second-order valence-electron chi connectivity index (χ2n) is 6.10. The van der Waals surface area contributed by atoms with Gasteiger partial charge in [-0.2, -0.15) is 0 Å². The van der Waals surface area contributed by atoms with E-state index < -0.39 is 5.60 Å². The van der Waals surface area contributed by atoms with Gasteiger partial charge < -0.3 is 18.9 Å². The van der Waals surface area contributed by atoms with Crippen molar-refractivity contribution < 1.29 is 23.7 Å². The molecule has 2 aliphatic heterocycles. The van der Waals surface area contributed by atoms with E-state index in [9.17, 15) is 4.79 Å². The van der Waals surface area contributed by atoms with E-state index in [-0.39, 0.29) is 23.9 Å². The van der Waals surface area contributed by atoms with Crippen molar-refractivity contribution in [1.82, 2.24) is 0 Å².